The van der Waals surface area contributed by atoms with E-state index in [2.05, 4.69) is 21.7 Å². The molecule has 0 bridgehead atoms. The number of anilines is 2. The molecule has 0 aliphatic heterocycles. The number of para-hydroxylation sites is 1. The number of hydrogen-bond donors (Lipinski definition) is 2. The third-order valence-corrected chi connectivity index (χ3v) is 3.14. The van der Waals surface area contributed by atoms with Gasteiger partial charge in [0.25, 0.3) is 5.91 Å². The van der Waals surface area contributed by atoms with E-state index in [1.54, 1.807) is 43.6 Å². The van der Waals surface area contributed by atoms with E-state index < -0.39 is 0 Å². The van der Waals surface area contributed by atoms with Gasteiger partial charge < -0.3 is 15.4 Å². The number of nitrogens with zero attached hydrogens (tertiary/aromatic N) is 2. The normalized spacial score (nSPS) is 9.91. The highest BCUT2D eigenvalue weighted by molar-refractivity contribution is 5.94. The highest BCUT2D eigenvalue weighted by Crippen LogP contribution is 2.19. The summed E-state index contributed by atoms with van der Waals surface area (Å²) >= 11 is 0. The number of rotatable bonds is 7. The maximum Gasteiger partial charge on any atom is 0.251 e. The number of carbonyl (C=O) groups excluding carboxylic acids is 1. The number of ether oxygens (including phenoxy) is 1. The number of nitrogens with one attached hydrogen (secondary N) is 2. The van der Waals surface area contributed by atoms with Gasteiger partial charge in [-0.05, 0) is 30.7 Å². The molecule has 0 saturated heterocycles. The summed E-state index contributed by atoms with van der Waals surface area (Å²) in [6, 6.07) is 12.5. The van der Waals surface area contributed by atoms with Crippen LogP contribution in [0, 0.1) is 11.3 Å². The van der Waals surface area contributed by atoms with Crippen molar-refractivity contribution in [3.63, 3.8) is 0 Å². The highest BCUT2D eigenvalue weighted by Gasteiger charge is 2.07. The molecule has 2 N–H and O–H groups in total. The van der Waals surface area contributed by atoms with E-state index in [-0.39, 0.29) is 5.91 Å². The molecule has 2 rings (SSSR count). The van der Waals surface area contributed by atoms with Crippen LogP contribution in [-0.4, -0.2) is 31.2 Å². The number of aromatic nitrogens is 1. The number of methoxy groups -OCH3 is 1. The van der Waals surface area contributed by atoms with Gasteiger partial charge in [0.1, 0.15) is 11.9 Å². The van der Waals surface area contributed by atoms with Crippen LogP contribution >= 0.6 is 0 Å². The number of pyridine rings is 1. The Labute approximate surface area is 135 Å². The minimum atomic E-state index is -0.167. The molecule has 23 heavy (non-hydrogen) atoms. The van der Waals surface area contributed by atoms with Crippen LogP contribution in [0.1, 0.15) is 22.3 Å². The second-order valence-electron chi connectivity index (χ2n) is 4.81. The molecule has 2 aromatic rings. The van der Waals surface area contributed by atoms with Crippen molar-refractivity contribution in [1.29, 1.82) is 5.26 Å². The first kappa shape index (κ1) is 16.5. The molecular weight excluding hydrogens is 292 g/mol. The third kappa shape index (κ3) is 4.80. The van der Waals surface area contributed by atoms with Gasteiger partial charge >= 0.3 is 0 Å². The summed E-state index contributed by atoms with van der Waals surface area (Å²) in [6.45, 7) is 1.16. The first-order chi connectivity index (χ1) is 11.2. The Morgan fingerprint density at radius 1 is 1.35 bits per heavy atom. The summed E-state index contributed by atoms with van der Waals surface area (Å²) in [5.74, 6) is 0.345. The Bertz CT molecular complexity index is 710. The lowest BCUT2D eigenvalue weighted by Gasteiger charge is -2.09. The Hall–Kier alpha value is -2.91. The zero-order chi connectivity index (χ0) is 16.5. The molecular formula is C17H18N4O2. The molecule has 1 heterocycles. The van der Waals surface area contributed by atoms with Crippen LogP contribution in [0.2, 0.25) is 0 Å². The van der Waals surface area contributed by atoms with Crippen LogP contribution < -0.4 is 10.6 Å². The maximum absolute atomic E-state index is 12.1. The number of amides is 1. The van der Waals surface area contributed by atoms with Crippen molar-refractivity contribution < 1.29 is 9.53 Å². The molecule has 6 nitrogen and oxygen atoms in total. The molecule has 0 atom stereocenters. The van der Waals surface area contributed by atoms with Gasteiger partial charge in [-0.2, -0.15) is 5.26 Å². The number of nitriles is 1. The molecule has 6 heteroatoms. The molecule has 0 spiro atoms. The first-order valence-corrected chi connectivity index (χ1v) is 7.24. The minimum absolute atomic E-state index is 0.167. The minimum Gasteiger partial charge on any atom is -0.385 e. The van der Waals surface area contributed by atoms with Crippen LogP contribution in [0.5, 0.6) is 0 Å². The average Bonchev–Trinajstić information content (AvgIpc) is 2.59. The predicted octanol–water partition coefficient (Wildman–Crippen LogP) is 2.46. The van der Waals surface area contributed by atoms with Gasteiger partial charge in [-0.1, -0.05) is 12.1 Å². The van der Waals surface area contributed by atoms with Crippen LogP contribution in [-0.2, 0) is 4.74 Å². The van der Waals surface area contributed by atoms with Gasteiger partial charge in [0, 0.05) is 32.0 Å². The molecule has 0 aliphatic carbocycles. The van der Waals surface area contributed by atoms with Gasteiger partial charge in [-0.3, -0.25) is 4.79 Å². The Balaban J connectivity index is 2.05. The summed E-state index contributed by atoms with van der Waals surface area (Å²) in [6.07, 6.45) is 2.31. The van der Waals surface area contributed by atoms with Gasteiger partial charge in [0.05, 0.1) is 11.3 Å². The third-order valence-electron chi connectivity index (χ3n) is 3.14. The monoisotopic (exact) mass is 310 g/mol. The highest BCUT2D eigenvalue weighted by atomic mass is 16.5. The van der Waals surface area contributed by atoms with Crippen molar-refractivity contribution >= 4 is 17.4 Å². The first-order valence-electron chi connectivity index (χ1n) is 7.24. The number of hydrogen-bond acceptors (Lipinski definition) is 5. The Kier molecular flexibility index (Phi) is 6.09. The van der Waals surface area contributed by atoms with Crippen molar-refractivity contribution in [2.75, 3.05) is 25.6 Å². The SMILES string of the molecule is COCCCNC(=O)c1ccnc(Nc2ccccc2C#N)c1. The van der Waals surface area contributed by atoms with Crippen LogP contribution in [0.25, 0.3) is 0 Å². The molecule has 0 radical (unpaired) electrons. The van der Waals surface area contributed by atoms with Crippen LogP contribution in [0.3, 0.4) is 0 Å². The fraction of sp³-hybridized carbons (Fsp3) is 0.235. The average molecular weight is 310 g/mol. The van der Waals surface area contributed by atoms with Crippen molar-refractivity contribution in [3.05, 3.63) is 53.7 Å². The molecule has 118 valence electrons. The largest absolute Gasteiger partial charge is 0.385 e. The number of benzene rings is 1. The molecule has 1 aromatic heterocycles. The van der Waals surface area contributed by atoms with E-state index in [9.17, 15) is 4.79 Å². The standard InChI is InChI=1S/C17H18N4O2/c1-23-10-4-8-20-17(22)13-7-9-19-16(11-13)21-15-6-3-2-5-14(15)12-18/h2-3,5-7,9,11H,4,8,10H2,1H3,(H,19,21)(H,20,22). The molecule has 0 aliphatic rings. The molecule has 1 aromatic carbocycles. The lowest BCUT2D eigenvalue weighted by Crippen LogP contribution is -2.25. The van der Waals surface area contributed by atoms with Crippen molar-refractivity contribution in [1.82, 2.24) is 10.3 Å². The second kappa shape index (κ2) is 8.51. The summed E-state index contributed by atoms with van der Waals surface area (Å²) in [5.41, 5.74) is 1.68. The smallest absolute Gasteiger partial charge is 0.251 e. The quantitative estimate of drug-likeness (QED) is 0.767. The Morgan fingerprint density at radius 3 is 2.96 bits per heavy atom. The van der Waals surface area contributed by atoms with E-state index in [4.69, 9.17) is 10.00 Å². The maximum atomic E-state index is 12.1. The van der Waals surface area contributed by atoms with Crippen LogP contribution in [0.4, 0.5) is 11.5 Å². The predicted molar refractivity (Wildman–Crippen MR) is 87.5 cm³/mol. The lowest BCUT2D eigenvalue weighted by molar-refractivity contribution is 0.0948. The molecule has 0 saturated carbocycles. The van der Waals surface area contributed by atoms with Gasteiger partial charge in [-0.25, -0.2) is 4.98 Å². The van der Waals surface area contributed by atoms with Crippen molar-refractivity contribution in [3.8, 4) is 6.07 Å². The van der Waals surface area contributed by atoms with E-state index in [1.807, 2.05) is 6.07 Å². The van der Waals surface area contributed by atoms with Crippen LogP contribution in [0.15, 0.2) is 42.6 Å². The number of carbonyl (C=O) groups is 1. The van der Waals surface area contributed by atoms with E-state index in [0.29, 0.717) is 35.8 Å². The van der Waals surface area contributed by atoms with Gasteiger partial charge in [0.2, 0.25) is 0 Å². The van der Waals surface area contributed by atoms with Gasteiger partial charge in [-0.15, -0.1) is 0 Å². The molecule has 0 unspecified atom stereocenters. The Morgan fingerprint density at radius 2 is 2.17 bits per heavy atom. The zero-order valence-electron chi connectivity index (χ0n) is 12.9. The zero-order valence-corrected chi connectivity index (χ0v) is 12.9. The summed E-state index contributed by atoms with van der Waals surface area (Å²) in [5, 5.41) is 15.0. The summed E-state index contributed by atoms with van der Waals surface area (Å²) in [7, 11) is 1.63. The topological polar surface area (TPSA) is 87.0 Å². The van der Waals surface area contributed by atoms with E-state index in [1.165, 1.54) is 0 Å². The van der Waals surface area contributed by atoms with Gasteiger partial charge in [0.15, 0.2) is 0 Å². The van der Waals surface area contributed by atoms with E-state index in [0.717, 1.165) is 6.42 Å². The van der Waals surface area contributed by atoms with Crippen molar-refractivity contribution in [2.24, 2.45) is 0 Å². The lowest BCUT2D eigenvalue weighted by atomic mass is 10.2. The summed E-state index contributed by atoms with van der Waals surface area (Å²) in [4.78, 5) is 16.3. The fourth-order valence-electron chi connectivity index (χ4n) is 1.99. The molecule has 0 fully saturated rings. The fourth-order valence-corrected chi connectivity index (χ4v) is 1.99. The second-order valence-corrected chi connectivity index (χ2v) is 4.81. The summed E-state index contributed by atoms with van der Waals surface area (Å²) < 4.78 is 4.94. The van der Waals surface area contributed by atoms with Crippen molar-refractivity contribution in [2.45, 2.75) is 6.42 Å². The van der Waals surface area contributed by atoms with E-state index >= 15 is 0 Å². The molecule has 1 amide bonds.